The van der Waals surface area contributed by atoms with Crippen molar-refractivity contribution >= 4 is 11.6 Å². The van der Waals surface area contributed by atoms with Crippen LogP contribution in [-0.2, 0) is 0 Å². The zero-order valence-corrected chi connectivity index (χ0v) is 10.4. The van der Waals surface area contributed by atoms with Crippen LogP contribution in [0.4, 0.5) is 0 Å². The molecule has 0 aliphatic rings. The molecule has 88 valence electrons. The number of hydrogen-bond acceptors (Lipinski definition) is 2. The Hall–Kier alpha value is -0.990. The van der Waals surface area contributed by atoms with E-state index in [1.54, 1.807) is 0 Å². The molecule has 0 saturated heterocycles. The summed E-state index contributed by atoms with van der Waals surface area (Å²) in [7, 11) is 0. The Morgan fingerprint density at radius 3 is 3.00 bits per heavy atom. The summed E-state index contributed by atoms with van der Waals surface area (Å²) < 4.78 is 5.65. The predicted molar refractivity (Wildman–Crippen MR) is 69.4 cm³/mol. The van der Waals surface area contributed by atoms with Crippen molar-refractivity contribution in [2.45, 2.75) is 13.3 Å². The normalized spacial score (nSPS) is 10.1. The minimum absolute atomic E-state index is 0.715. The Morgan fingerprint density at radius 1 is 1.50 bits per heavy atom. The predicted octanol–water partition coefficient (Wildman–Crippen LogP) is 3.19. The van der Waals surface area contributed by atoms with Crippen LogP contribution in [0.1, 0.15) is 12.0 Å². The molecule has 0 aliphatic carbocycles. The molecule has 16 heavy (non-hydrogen) atoms. The number of halogens is 1. The molecule has 0 aromatic heterocycles. The quantitative estimate of drug-likeness (QED) is 0.583. The molecule has 2 nitrogen and oxygen atoms in total. The van der Waals surface area contributed by atoms with Gasteiger partial charge in [0, 0.05) is 11.6 Å². The van der Waals surface area contributed by atoms with Crippen molar-refractivity contribution in [2.75, 3.05) is 19.7 Å². The SMILES string of the molecule is C=CCNCCCOc1ccc(Cl)cc1C. The standard InChI is InChI=1S/C13H18ClNO/c1-3-7-15-8-4-9-16-13-6-5-12(14)10-11(13)2/h3,5-6,10,15H,1,4,7-9H2,2H3. The second-order valence-electron chi connectivity index (χ2n) is 3.60. The van der Waals surface area contributed by atoms with E-state index in [0.29, 0.717) is 6.61 Å². The van der Waals surface area contributed by atoms with E-state index in [1.807, 2.05) is 31.2 Å². The molecule has 0 aliphatic heterocycles. The maximum Gasteiger partial charge on any atom is 0.122 e. The minimum atomic E-state index is 0.715. The van der Waals surface area contributed by atoms with Crippen molar-refractivity contribution < 1.29 is 4.74 Å². The molecule has 1 aromatic rings. The van der Waals surface area contributed by atoms with Crippen LogP contribution in [0, 0.1) is 6.92 Å². The summed E-state index contributed by atoms with van der Waals surface area (Å²) in [5.41, 5.74) is 1.08. The molecule has 0 atom stereocenters. The van der Waals surface area contributed by atoms with E-state index in [2.05, 4.69) is 11.9 Å². The van der Waals surface area contributed by atoms with Gasteiger partial charge in [0.1, 0.15) is 5.75 Å². The van der Waals surface area contributed by atoms with Gasteiger partial charge in [0.2, 0.25) is 0 Å². The first-order valence-electron chi connectivity index (χ1n) is 5.44. The van der Waals surface area contributed by atoms with Gasteiger partial charge in [0.05, 0.1) is 6.61 Å². The van der Waals surface area contributed by atoms with Gasteiger partial charge in [-0.05, 0) is 43.7 Å². The summed E-state index contributed by atoms with van der Waals surface area (Å²) in [4.78, 5) is 0. The monoisotopic (exact) mass is 239 g/mol. The van der Waals surface area contributed by atoms with Crippen molar-refractivity contribution in [3.63, 3.8) is 0 Å². The third-order valence-electron chi connectivity index (χ3n) is 2.18. The molecule has 0 amide bonds. The maximum absolute atomic E-state index is 5.86. The van der Waals surface area contributed by atoms with Crippen LogP contribution in [0.25, 0.3) is 0 Å². The summed E-state index contributed by atoms with van der Waals surface area (Å²) >= 11 is 5.86. The van der Waals surface area contributed by atoms with Crippen LogP contribution in [0.15, 0.2) is 30.9 Å². The lowest BCUT2D eigenvalue weighted by Crippen LogP contribution is -2.17. The van der Waals surface area contributed by atoms with Gasteiger partial charge in [-0.25, -0.2) is 0 Å². The Balaban J connectivity index is 2.24. The molecule has 0 heterocycles. The third kappa shape index (κ3) is 4.69. The van der Waals surface area contributed by atoms with Crippen LogP contribution in [0.2, 0.25) is 5.02 Å². The molecule has 0 unspecified atom stereocenters. The lowest BCUT2D eigenvalue weighted by molar-refractivity contribution is 0.307. The summed E-state index contributed by atoms with van der Waals surface area (Å²) in [6, 6.07) is 5.67. The number of hydrogen-bond donors (Lipinski definition) is 1. The molecular weight excluding hydrogens is 222 g/mol. The van der Waals surface area contributed by atoms with E-state index in [-0.39, 0.29) is 0 Å². The lowest BCUT2D eigenvalue weighted by Gasteiger charge is -2.09. The van der Waals surface area contributed by atoms with Gasteiger partial charge in [0.25, 0.3) is 0 Å². The Labute approximate surface area is 102 Å². The smallest absolute Gasteiger partial charge is 0.122 e. The highest BCUT2D eigenvalue weighted by atomic mass is 35.5. The van der Waals surface area contributed by atoms with Crippen molar-refractivity contribution in [3.05, 3.63) is 41.4 Å². The largest absolute Gasteiger partial charge is 0.493 e. The van der Waals surface area contributed by atoms with Crippen LogP contribution in [-0.4, -0.2) is 19.7 Å². The Bertz CT molecular complexity index is 339. The first-order chi connectivity index (χ1) is 7.74. The van der Waals surface area contributed by atoms with E-state index in [1.165, 1.54) is 0 Å². The van der Waals surface area contributed by atoms with Gasteiger partial charge >= 0.3 is 0 Å². The first-order valence-corrected chi connectivity index (χ1v) is 5.82. The second-order valence-corrected chi connectivity index (χ2v) is 4.04. The summed E-state index contributed by atoms with van der Waals surface area (Å²) in [5, 5.41) is 3.97. The van der Waals surface area contributed by atoms with Crippen molar-refractivity contribution in [2.24, 2.45) is 0 Å². The topological polar surface area (TPSA) is 21.3 Å². The molecule has 0 bridgehead atoms. The molecule has 1 aromatic carbocycles. The number of ether oxygens (including phenoxy) is 1. The second kappa shape index (κ2) is 7.31. The maximum atomic E-state index is 5.86. The van der Waals surface area contributed by atoms with Gasteiger partial charge in [0.15, 0.2) is 0 Å². The highest BCUT2D eigenvalue weighted by molar-refractivity contribution is 6.30. The van der Waals surface area contributed by atoms with Crippen LogP contribution < -0.4 is 10.1 Å². The van der Waals surface area contributed by atoms with Crippen LogP contribution in [0.5, 0.6) is 5.75 Å². The number of nitrogens with one attached hydrogen (secondary N) is 1. The van der Waals surface area contributed by atoms with E-state index < -0.39 is 0 Å². The van der Waals surface area contributed by atoms with Crippen molar-refractivity contribution in [1.29, 1.82) is 0 Å². The van der Waals surface area contributed by atoms with Gasteiger partial charge in [-0.15, -0.1) is 6.58 Å². The van der Waals surface area contributed by atoms with E-state index in [4.69, 9.17) is 16.3 Å². The highest BCUT2D eigenvalue weighted by Crippen LogP contribution is 2.21. The summed E-state index contributed by atoms with van der Waals surface area (Å²) in [6.07, 6.45) is 2.83. The fourth-order valence-electron chi connectivity index (χ4n) is 1.36. The molecule has 0 radical (unpaired) electrons. The lowest BCUT2D eigenvalue weighted by atomic mass is 10.2. The van der Waals surface area contributed by atoms with Gasteiger partial charge < -0.3 is 10.1 Å². The number of benzene rings is 1. The molecule has 0 saturated carbocycles. The van der Waals surface area contributed by atoms with E-state index in [0.717, 1.165) is 35.8 Å². The highest BCUT2D eigenvalue weighted by Gasteiger charge is 1.99. The molecule has 0 spiro atoms. The van der Waals surface area contributed by atoms with E-state index in [9.17, 15) is 0 Å². The summed E-state index contributed by atoms with van der Waals surface area (Å²) in [5.74, 6) is 0.910. The fourth-order valence-corrected chi connectivity index (χ4v) is 1.58. The molecule has 0 fully saturated rings. The Morgan fingerprint density at radius 2 is 2.31 bits per heavy atom. The average molecular weight is 240 g/mol. The third-order valence-corrected chi connectivity index (χ3v) is 2.42. The van der Waals surface area contributed by atoms with Crippen LogP contribution >= 0.6 is 11.6 Å². The molecule has 1 N–H and O–H groups in total. The number of aryl methyl sites for hydroxylation is 1. The fraction of sp³-hybridized carbons (Fsp3) is 0.385. The molecular formula is C13H18ClNO. The molecule has 1 rings (SSSR count). The summed E-state index contributed by atoms with van der Waals surface area (Å²) in [6.45, 7) is 8.14. The van der Waals surface area contributed by atoms with Gasteiger partial charge in [-0.3, -0.25) is 0 Å². The van der Waals surface area contributed by atoms with Gasteiger partial charge in [-0.1, -0.05) is 17.7 Å². The van der Waals surface area contributed by atoms with Crippen molar-refractivity contribution in [1.82, 2.24) is 5.32 Å². The zero-order valence-electron chi connectivity index (χ0n) is 9.63. The first kappa shape index (κ1) is 13.1. The van der Waals surface area contributed by atoms with E-state index >= 15 is 0 Å². The average Bonchev–Trinajstić information content (AvgIpc) is 2.26. The minimum Gasteiger partial charge on any atom is -0.493 e. The van der Waals surface area contributed by atoms with Crippen LogP contribution in [0.3, 0.4) is 0 Å². The van der Waals surface area contributed by atoms with Gasteiger partial charge in [-0.2, -0.15) is 0 Å². The Kier molecular flexibility index (Phi) is 5.98. The molecule has 3 heteroatoms. The van der Waals surface area contributed by atoms with Crippen molar-refractivity contribution in [3.8, 4) is 5.75 Å². The number of rotatable bonds is 7. The zero-order chi connectivity index (χ0) is 11.8.